The highest BCUT2D eigenvalue weighted by molar-refractivity contribution is 5.12. The van der Waals surface area contributed by atoms with Gasteiger partial charge in [-0.2, -0.15) is 0 Å². The van der Waals surface area contributed by atoms with E-state index in [4.69, 9.17) is 6.42 Å². The number of terminal acetylenes is 1. The first-order chi connectivity index (χ1) is 6.29. The Balaban J connectivity index is 2.86. The molecule has 0 radical (unpaired) electrons. The molecule has 1 saturated heterocycles. The Morgan fingerprint density at radius 1 is 1.29 bits per heavy atom. The molecule has 0 N–H and O–H groups in total. The molecule has 2 nitrogen and oxygen atoms in total. The highest BCUT2D eigenvalue weighted by atomic mass is 15.3. The fourth-order valence-electron chi connectivity index (χ4n) is 2.51. The summed E-state index contributed by atoms with van der Waals surface area (Å²) in [6.45, 7) is 12.0. The van der Waals surface area contributed by atoms with E-state index in [0.29, 0.717) is 0 Å². The summed E-state index contributed by atoms with van der Waals surface area (Å²) in [5.41, 5.74) is 0.0353. The summed E-state index contributed by atoms with van der Waals surface area (Å²) in [7, 11) is 2.17. The fraction of sp³-hybridized carbons (Fsp3) is 0.833. The standard InChI is InChI=1S/C12H22N2/c1-7-11(2,3)14-9-8-13(6)10-12(14,4)5/h1H,8-10H2,2-6H3. The molecule has 0 amide bonds. The van der Waals surface area contributed by atoms with Crippen LogP contribution in [0.2, 0.25) is 0 Å². The maximum absolute atomic E-state index is 5.59. The molecule has 0 aromatic rings. The maximum atomic E-state index is 5.59. The molecule has 14 heavy (non-hydrogen) atoms. The van der Waals surface area contributed by atoms with Gasteiger partial charge in [-0.25, -0.2) is 0 Å². The molecule has 1 fully saturated rings. The minimum atomic E-state index is -0.134. The maximum Gasteiger partial charge on any atom is 0.0771 e. The lowest BCUT2D eigenvalue weighted by atomic mass is 9.91. The van der Waals surface area contributed by atoms with E-state index in [2.05, 4.69) is 50.5 Å². The van der Waals surface area contributed by atoms with Gasteiger partial charge in [-0.05, 0) is 34.7 Å². The second-order valence-electron chi connectivity index (χ2n) is 5.41. The number of hydrogen-bond donors (Lipinski definition) is 0. The number of piperazine rings is 1. The van der Waals surface area contributed by atoms with Crippen molar-refractivity contribution in [1.82, 2.24) is 9.80 Å². The normalized spacial score (nSPS) is 24.6. The fourth-order valence-corrected chi connectivity index (χ4v) is 2.51. The summed E-state index contributed by atoms with van der Waals surface area (Å²) in [6, 6.07) is 0. The summed E-state index contributed by atoms with van der Waals surface area (Å²) in [5.74, 6) is 2.89. The SMILES string of the molecule is C#CC(C)(C)N1CCN(C)CC1(C)C. The van der Waals surface area contributed by atoms with E-state index >= 15 is 0 Å². The summed E-state index contributed by atoms with van der Waals surface area (Å²) in [4.78, 5) is 4.79. The van der Waals surface area contributed by atoms with Gasteiger partial charge < -0.3 is 4.90 Å². The van der Waals surface area contributed by atoms with Crippen molar-refractivity contribution in [2.75, 3.05) is 26.7 Å². The summed E-state index contributed by atoms with van der Waals surface area (Å²) >= 11 is 0. The third kappa shape index (κ3) is 2.10. The lowest BCUT2D eigenvalue weighted by Gasteiger charge is -2.51. The van der Waals surface area contributed by atoms with Crippen molar-refractivity contribution in [1.29, 1.82) is 0 Å². The number of nitrogens with zero attached hydrogens (tertiary/aromatic N) is 2. The Morgan fingerprint density at radius 3 is 2.29 bits per heavy atom. The van der Waals surface area contributed by atoms with Crippen molar-refractivity contribution in [3.63, 3.8) is 0 Å². The first-order valence-electron chi connectivity index (χ1n) is 5.24. The second kappa shape index (κ2) is 3.56. The van der Waals surface area contributed by atoms with Crippen LogP contribution in [0.15, 0.2) is 0 Å². The van der Waals surface area contributed by atoms with Crippen molar-refractivity contribution < 1.29 is 0 Å². The van der Waals surface area contributed by atoms with Crippen LogP contribution in [-0.2, 0) is 0 Å². The minimum absolute atomic E-state index is 0.134. The molecule has 1 aliphatic rings. The molecule has 1 heterocycles. The first kappa shape index (κ1) is 11.6. The van der Waals surface area contributed by atoms with Crippen molar-refractivity contribution >= 4 is 0 Å². The Hall–Kier alpha value is -0.520. The quantitative estimate of drug-likeness (QED) is 0.583. The van der Waals surface area contributed by atoms with Crippen molar-refractivity contribution in [2.45, 2.75) is 38.8 Å². The van der Waals surface area contributed by atoms with E-state index in [1.807, 2.05) is 0 Å². The number of rotatable bonds is 1. The topological polar surface area (TPSA) is 6.48 Å². The van der Waals surface area contributed by atoms with Gasteiger partial charge in [0.1, 0.15) is 0 Å². The van der Waals surface area contributed by atoms with Gasteiger partial charge in [0, 0.05) is 25.2 Å². The van der Waals surface area contributed by atoms with E-state index in [9.17, 15) is 0 Å². The third-order valence-corrected chi connectivity index (χ3v) is 3.12. The summed E-state index contributed by atoms with van der Waals surface area (Å²) in [6.07, 6.45) is 5.59. The zero-order valence-corrected chi connectivity index (χ0v) is 10.1. The average molecular weight is 194 g/mol. The van der Waals surface area contributed by atoms with E-state index < -0.39 is 0 Å². The molecule has 80 valence electrons. The first-order valence-corrected chi connectivity index (χ1v) is 5.24. The molecule has 0 atom stereocenters. The lowest BCUT2D eigenvalue weighted by molar-refractivity contribution is -0.0154. The van der Waals surface area contributed by atoms with Crippen LogP contribution < -0.4 is 0 Å². The largest absolute Gasteiger partial charge is 0.303 e. The van der Waals surface area contributed by atoms with Crippen LogP contribution in [-0.4, -0.2) is 47.6 Å². The van der Waals surface area contributed by atoms with Crippen LogP contribution in [0.3, 0.4) is 0 Å². The molecule has 1 rings (SSSR count). The van der Waals surface area contributed by atoms with Crippen molar-refractivity contribution in [3.8, 4) is 12.3 Å². The van der Waals surface area contributed by atoms with Crippen LogP contribution >= 0.6 is 0 Å². The zero-order valence-electron chi connectivity index (χ0n) is 10.1. The van der Waals surface area contributed by atoms with Gasteiger partial charge in [0.15, 0.2) is 0 Å². The van der Waals surface area contributed by atoms with E-state index in [1.54, 1.807) is 0 Å². The molecule has 0 spiro atoms. The number of likely N-dealkylation sites (N-methyl/N-ethyl adjacent to an activating group) is 1. The van der Waals surface area contributed by atoms with E-state index in [1.165, 1.54) is 0 Å². The van der Waals surface area contributed by atoms with Crippen LogP contribution in [0.25, 0.3) is 0 Å². The van der Waals surface area contributed by atoms with E-state index in [-0.39, 0.29) is 11.1 Å². The van der Waals surface area contributed by atoms with Crippen molar-refractivity contribution in [2.24, 2.45) is 0 Å². The highest BCUT2D eigenvalue weighted by Crippen LogP contribution is 2.28. The zero-order chi connectivity index (χ0) is 11.0. The van der Waals surface area contributed by atoms with Gasteiger partial charge in [-0.15, -0.1) is 6.42 Å². The van der Waals surface area contributed by atoms with Gasteiger partial charge >= 0.3 is 0 Å². The molecule has 0 aliphatic carbocycles. The van der Waals surface area contributed by atoms with Gasteiger partial charge in [0.25, 0.3) is 0 Å². The highest BCUT2D eigenvalue weighted by Gasteiger charge is 2.39. The molecular formula is C12H22N2. The molecule has 2 heteroatoms. The van der Waals surface area contributed by atoms with Crippen LogP contribution in [0.5, 0.6) is 0 Å². The van der Waals surface area contributed by atoms with E-state index in [0.717, 1.165) is 19.6 Å². The van der Waals surface area contributed by atoms with Gasteiger partial charge in [-0.1, -0.05) is 5.92 Å². The third-order valence-electron chi connectivity index (χ3n) is 3.12. The van der Waals surface area contributed by atoms with Gasteiger partial charge in [-0.3, -0.25) is 4.90 Å². The Morgan fingerprint density at radius 2 is 1.86 bits per heavy atom. The predicted molar refractivity (Wildman–Crippen MR) is 61.2 cm³/mol. The van der Waals surface area contributed by atoms with Crippen LogP contribution in [0.1, 0.15) is 27.7 Å². The van der Waals surface area contributed by atoms with Gasteiger partial charge in [0.2, 0.25) is 0 Å². The number of hydrogen-bond acceptors (Lipinski definition) is 2. The Labute approximate surface area is 88.3 Å². The molecule has 0 bridgehead atoms. The molecule has 0 aromatic heterocycles. The monoisotopic (exact) mass is 194 g/mol. The molecule has 1 aliphatic heterocycles. The van der Waals surface area contributed by atoms with Crippen molar-refractivity contribution in [3.05, 3.63) is 0 Å². The molecule has 0 unspecified atom stereocenters. The summed E-state index contributed by atoms with van der Waals surface area (Å²) in [5, 5.41) is 0. The van der Waals surface area contributed by atoms with Crippen LogP contribution in [0, 0.1) is 12.3 Å². The predicted octanol–water partition coefficient (Wildman–Crippen LogP) is 1.42. The smallest absolute Gasteiger partial charge is 0.0771 e. The molecule has 0 saturated carbocycles. The Bertz CT molecular complexity index is 248. The van der Waals surface area contributed by atoms with Gasteiger partial charge in [0.05, 0.1) is 5.54 Å². The molecular weight excluding hydrogens is 172 g/mol. The second-order valence-corrected chi connectivity index (χ2v) is 5.41. The average Bonchev–Trinajstić information content (AvgIpc) is 2.01. The lowest BCUT2D eigenvalue weighted by Crippen LogP contribution is -2.64. The molecule has 0 aromatic carbocycles. The minimum Gasteiger partial charge on any atom is -0.303 e. The summed E-state index contributed by atoms with van der Waals surface area (Å²) < 4.78 is 0. The van der Waals surface area contributed by atoms with Crippen LogP contribution in [0.4, 0.5) is 0 Å². The Kier molecular flexibility index (Phi) is 2.94.